The van der Waals surface area contributed by atoms with Crippen molar-refractivity contribution in [1.82, 2.24) is 10.6 Å². The first-order valence-corrected chi connectivity index (χ1v) is 9.22. The standard InChI is InChI=1S/C18H37N3O2.HI/c1-5-22-12-10-18(8-6-7-9-18)15-21-17(19-4)20-11-13-23-14-16(2)3;/h16H,5-15H2,1-4H3,(H2,19,20,21);1H. The zero-order valence-corrected chi connectivity index (χ0v) is 18.4. The molecule has 0 radical (unpaired) electrons. The summed E-state index contributed by atoms with van der Waals surface area (Å²) >= 11 is 0. The van der Waals surface area contributed by atoms with E-state index in [4.69, 9.17) is 9.47 Å². The first kappa shape index (κ1) is 23.9. The molecule has 0 aliphatic heterocycles. The number of hydrogen-bond acceptors (Lipinski definition) is 3. The van der Waals surface area contributed by atoms with Crippen LogP contribution in [-0.2, 0) is 9.47 Å². The van der Waals surface area contributed by atoms with Crippen molar-refractivity contribution in [3.63, 3.8) is 0 Å². The van der Waals surface area contributed by atoms with Crippen LogP contribution in [0.3, 0.4) is 0 Å². The molecule has 1 aliphatic carbocycles. The van der Waals surface area contributed by atoms with Crippen molar-refractivity contribution >= 4 is 29.9 Å². The average Bonchev–Trinajstić information content (AvgIpc) is 2.99. The molecule has 1 aliphatic rings. The van der Waals surface area contributed by atoms with E-state index in [0.717, 1.165) is 45.3 Å². The van der Waals surface area contributed by atoms with E-state index in [9.17, 15) is 0 Å². The first-order valence-electron chi connectivity index (χ1n) is 9.22. The highest BCUT2D eigenvalue weighted by Gasteiger charge is 2.33. The Morgan fingerprint density at radius 3 is 2.42 bits per heavy atom. The monoisotopic (exact) mass is 455 g/mol. The lowest BCUT2D eigenvalue weighted by Gasteiger charge is -2.30. The highest BCUT2D eigenvalue weighted by atomic mass is 127. The molecule has 5 nitrogen and oxygen atoms in total. The van der Waals surface area contributed by atoms with E-state index in [0.29, 0.717) is 17.9 Å². The number of nitrogens with one attached hydrogen (secondary N) is 2. The summed E-state index contributed by atoms with van der Waals surface area (Å²) in [6.07, 6.45) is 6.40. The smallest absolute Gasteiger partial charge is 0.191 e. The van der Waals surface area contributed by atoms with E-state index in [-0.39, 0.29) is 24.0 Å². The van der Waals surface area contributed by atoms with Gasteiger partial charge in [0.1, 0.15) is 0 Å². The van der Waals surface area contributed by atoms with Crippen LogP contribution >= 0.6 is 24.0 Å². The Balaban J connectivity index is 0.00000529. The molecule has 0 bridgehead atoms. The molecular formula is C18H38IN3O2. The molecular weight excluding hydrogens is 417 g/mol. The van der Waals surface area contributed by atoms with E-state index in [1.165, 1.54) is 25.7 Å². The Bertz CT molecular complexity index is 332. The van der Waals surface area contributed by atoms with Crippen molar-refractivity contribution in [2.24, 2.45) is 16.3 Å². The summed E-state index contributed by atoms with van der Waals surface area (Å²) in [5, 5.41) is 6.84. The lowest BCUT2D eigenvalue weighted by atomic mass is 9.83. The summed E-state index contributed by atoms with van der Waals surface area (Å²) < 4.78 is 11.2. The van der Waals surface area contributed by atoms with Crippen molar-refractivity contribution in [2.45, 2.75) is 52.9 Å². The Morgan fingerprint density at radius 1 is 1.12 bits per heavy atom. The molecule has 0 saturated heterocycles. The molecule has 0 aromatic rings. The number of halogens is 1. The predicted octanol–water partition coefficient (Wildman–Crippen LogP) is 3.43. The second-order valence-corrected chi connectivity index (χ2v) is 6.98. The van der Waals surface area contributed by atoms with Crippen LogP contribution in [0.1, 0.15) is 52.9 Å². The topological polar surface area (TPSA) is 54.9 Å². The molecule has 6 heteroatoms. The lowest BCUT2D eigenvalue weighted by Crippen LogP contribution is -2.44. The van der Waals surface area contributed by atoms with Crippen LogP contribution < -0.4 is 10.6 Å². The van der Waals surface area contributed by atoms with Gasteiger partial charge in [-0.2, -0.15) is 0 Å². The van der Waals surface area contributed by atoms with Gasteiger partial charge in [0.15, 0.2) is 5.96 Å². The van der Waals surface area contributed by atoms with Gasteiger partial charge in [-0.05, 0) is 37.5 Å². The molecule has 0 aromatic heterocycles. The van der Waals surface area contributed by atoms with Gasteiger partial charge in [-0.1, -0.05) is 26.7 Å². The van der Waals surface area contributed by atoms with Crippen LogP contribution in [0.4, 0.5) is 0 Å². The van der Waals surface area contributed by atoms with Gasteiger partial charge in [-0.15, -0.1) is 24.0 Å². The Kier molecular flexibility index (Phi) is 14.1. The second-order valence-electron chi connectivity index (χ2n) is 6.98. The van der Waals surface area contributed by atoms with Gasteiger partial charge >= 0.3 is 0 Å². The number of ether oxygens (including phenoxy) is 2. The van der Waals surface area contributed by atoms with Crippen LogP contribution in [0.2, 0.25) is 0 Å². The summed E-state index contributed by atoms with van der Waals surface area (Å²) in [5.41, 5.74) is 0.376. The van der Waals surface area contributed by atoms with Gasteiger partial charge in [0.25, 0.3) is 0 Å². The van der Waals surface area contributed by atoms with Crippen LogP contribution in [0, 0.1) is 11.3 Å². The SMILES string of the molecule is CCOCCC1(CNC(=NC)NCCOCC(C)C)CCCC1.I. The number of rotatable bonds is 11. The normalized spacial score (nSPS) is 17.0. The molecule has 0 unspecified atom stereocenters. The van der Waals surface area contributed by atoms with E-state index >= 15 is 0 Å². The van der Waals surface area contributed by atoms with E-state index in [2.05, 4.69) is 36.4 Å². The zero-order valence-electron chi connectivity index (χ0n) is 16.0. The lowest BCUT2D eigenvalue weighted by molar-refractivity contribution is 0.104. The van der Waals surface area contributed by atoms with Crippen molar-refractivity contribution in [2.75, 3.05) is 46.6 Å². The molecule has 0 spiro atoms. The fourth-order valence-electron chi connectivity index (χ4n) is 3.13. The largest absolute Gasteiger partial charge is 0.382 e. The Hall–Kier alpha value is -0.0800. The minimum atomic E-state index is 0. The average molecular weight is 455 g/mol. The van der Waals surface area contributed by atoms with Crippen LogP contribution in [-0.4, -0.2) is 52.5 Å². The van der Waals surface area contributed by atoms with Gasteiger partial charge in [0.05, 0.1) is 6.61 Å². The summed E-state index contributed by atoms with van der Waals surface area (Å²) in [7, 11) is 1.83. The summed E-state index contributed by atoms with van der Waals surface area (Å²) in [6, 6.07) is 0. The highest BCUT2D eigenvalue weighted by Crippen LogP contribution is 2.40. The summed E-state index contributed by atoms with van der Waals surface area (Å²) in [5.74, 6) is 1.46. The third kappa shape index (κ3) is 10.0. The van der Waals surface area contributed by atoms with Crippen molar-refractivity contribution in [3.05, 3.63) is 0 Å². The quantitative estimate of drug-likeness (QED) is 0.217. The zero-order chi connectivity index (χ0) is 17.0. The minimum absolute atomic E-state index is 0. The maximum Gasteiger partial charge on any atom is 0.191 e. The van der Waals surface area contributed by atoms with E-state index in [1.807, 2.05) is 7.05 Å². The third-order valence-electron chi connectivity index (χ3n) is 4.49. The third-order valence-corrected chi connectivity index (χ3v) is 4.49. The minimum Gasteiger partial charge on any atom is -0.382 e. The van der Waals surface area contributed by atoms with Crippen LogP contribution in [0.5, 0.6) is 0 Å². The molecule has 2 N–H and O–H groups in total. The second kappa shape index (κ2) is 14.1. The molecule has 0 atom stereocenters. The Labute approximate surface area is 165 Å². The van der Waals surface area contributed by atoms with Gasteiger partial charge in [0.2, 0.25) is 0 Å². The maximum atomic E-state index is 5.59. The van der Waals surface area contributed by atoms with Crippen LogP contribution in [0.15, 0.2) is 4.99 Å². The van der Waals surface area contributed by atoms with Gasteiger partial charge in [0, 0.05) is 40.0 Å². The van der Waals surface area contributed by atoms with E-state index in [1.54, 1.807) is 0 Å². The molecule has 1 fully saturated rings. The fourth-order valence-corrected chi connectivity index (χ4v) is 3.13. The number of guanidine groups is 1. The Morgan fingerprint density at radius 2 is 1.83 bits per heavy atom. The van der Waals surface area contributed by atoms with Gasteiger partial charge < -0.3 is 20.1 Å². The fraction of sp³-hybridized carbons (Fsp3) is 0.944. The maximum absolute atomic E-state index is 5.59. The van der Waals surface area contributed by atoms with Gasteiger partial charge in [-0.3, -0.25) is 4.99 Å². The van der Waals surface area contributed by atoms with E-state index < -0.39 is 0 Å². The molecule has 0 amide bonds. The molecule has 0 heterocycles. The van der Waals surface area contributed by atoms with Gasteiger partial charge in [-0.25, -0.2) is 0 Å². The number of hydrogen-bond donors (Lipinski definition) is 2. The van der Waals surface area contributed by atoms with Crippen molar-refractivity contribution in [3.8, 4) is 0 Å². The molecule has 144 valence electrons. The number of aliphatic imine (C=N–C) groups is 1. The predicted molar refractivity (Wildman–Crippen MR) is 112 cm³/mol. The molecule has 1 rings (SSSR count). The van der Waals surface area contributed by atoms with Crippen LogP contribution in [0.25, 0.3) is 0 Å². The molecule has 0 aromatic carbocycles. The summed E-state index contributed by atoms with van der Waals surface area (Å²) in [4.78, 5) is 4.32. The first-order chi connectivity index (χ1) is 11.1. The molecule has 1 saturated carbocycles. The van der Waals surface area contributed by atoms with Crippen molar-refractivity contribution in [1.29, 1.82) is 0 Å². The number of nitrogens with zero attached hydrogens (tertiary/aromatic N) is 1. The van der Waals surface area contributed by atoms with Crippen molar-refractivity contribution < 1.29 is 9.47 Å². The summed E-state index contributed by atoms with van der Waals surface area (Å²) in [6.45, 7) is 11.4. The molecule has 24 heavy (non-hydrogen) atoms. The highest BCUT2D eigenvalue weighted by molar-refractivity contribution is 14.0.